The fourth-order valence-electron chi connectivity index (χ4n) is 3.96. The van der Waals surface area contributed by atoms with Gasteiger partial charge >= 0.3 is 0 Å². The summed E-state index contributed by atoms with van der Waals surface area (Å²) in [6, 6.07) is 5.18. The van der Waals surface area contributed by atoms with Gasteiger partial charge in [0.15, 0.2) is 0 Å². The third-order valence-electron chi connectivity index (χ3n) is 4.93. The highest BCUT2D eigenvalue weighted by atomic mass is 15.2. The van der Waals surface area contributed by atoms with Crippen molar-refractivity contribution in [1.29, 1.82) is 0 Å². The molecule has 3 nitrogen and oxygen atoms in total. The van der Waals surface area contributed by atoms with Gasteiger partial charge in [-0.15, -0.1) is 0 Å². The largest absolute Gasteiger partial charge is 0.370 e. The number of likely N-dealkylation sites (tertiary alicyclic amines) is 1. The molecule has 2 fully saturated rings. The standard InChI is InChI=1S/C17H27N3/c1-2-18-17-10-9-14(12-19-17)13-20-11-5-7-15-6-3-4-8-16(15)20/h9-10,12,15-16H,2-8,11,13H2,1H3,(H,18,19). The lowest BCUT2D eigenvalue weighted by molar-refractivity contribution is 0.0546. The van der Waals surface area contributed by atoms with Crippen LogP contribution in [-0.4, -0.2) is 29.0 Å². The summed E-state index contributed by atoms with van der Waals surface area (Å²) in [5.41, 5.74) is 1.36. The van der Waals surface area contributed by atoms with Crippen LogP contribution in [0, 0.1) is 5.92 Å². The predicted molar refractivity (Wildman–Crippen MR) is 83.8 cm³/mol. The summed E-state index contributed by atoms with van der Waals surface area (Å²) in [7, 11) is 0. The zero-order valence-corrected chi connectivity index (χ0v) is 12.6. The van der Waals surface area contributed by atoms with Crippen molar-refractivity contribution in [2.24, 2.45) is 5.92 Å². The van der Waals surface area contributed by atoms with Crippen LogP contribution in [0.5, 0.6) is 0 Å². The molecule has 1 aliphatic carbocycles. The number of piperidine rings is 1. The molecule has 110 valence electrons. The van der Waals surface area contributed by atoms with Gasteiger partial charge in [-0.3, -0.25) is 4.90 Å². The minimum Gasteiger partial charge on any atom is -0.370 e. The molecule has 0 spiro atoms. The molecule has 1 aromatic heterocycles. The molecule has 20 heavy (non-hydrogen) atoms. The van der Waals surface area contributed by atoms with Crippen molar-refractivity contribution in [3.05, 3.63) is 23.9 Å². The molecule has 1 saturated carbocycles. The average molecular weight is 273 g/mol. The van der Waals surface area contributed by atoms with Gasteiger partial charge in [-0.1, -0.05) is 18.9 Å². The number of nitrogens with zero attached hydrogens (tertiary/aromatic N) is 2. The molecule has 2 unspecified atom stereocenters. The van der Waals surface area contributed by atoms with Gasteiger partial charge in [0.2, 0.25) is 0 Å². The zero-order chi connectivity index (χ0) is 13.8. The molecule has 3 rings (SSSR count). The lowest BCUT2D eigenvalue weighted by Gasteiger charge is -2.44. The Labute approximate surface area is 122 Å². The molecule has 0 bridgehead atoms. The summed E-state index contributed by atoms with van der Waals surface area (Å²) in [4.78, 5) is 7.22. The average Bonchev–Trinajstić information content (AvgIpc) is 2.50. The van der Waals surface area contributed by atoms with Crippen molar-refractivity contribution in [2.75, 3.05) is 18.4 Å². The first-order valence-corrected chi connectivity index (χ1v) is 8.29. The van der Waals surface area contributed by atoms with Crippen LogP contribution < -0.4 is 5.32 Å². The fraction of sp³-hybridized carbons (Fsp3) is 0.706. The minimum atomic E-state index is 0.839. The Bertz CT molecular complexity index is 413. The van der Waals surface area contributed by atoms with Crippen LogP contribution in [0.4, 0.5) is 5.82 Å². The summed E-state index contributed by atoms with van der Waals surface area (Å²) < 4.78 is 0. The van der Waals surface area contributed by atoms with E-state index in [-0.39, 0.29) is 0 Å². The molecule has 0 amide bonds. The maximum Gasteiger partial charge on any atom is 0.125 e. The molecule has 1 N–H and O–H groups in total. The van der Waals surface area contributed by atoms with Crippen LogP contribution in [0.1, 0.15) is 51.0 Å². The predicted octanol–water partition coefficient (Wildman–Crippen LogP) is 3.67. The molecule has 1 saturated heterocycles. The quantitative estimate of drug-likeness (QED) is 0.907. The first-order chi connectivity index (χ1) is 9.86. The minimum absolute atomic E-state index is 0.839. The third-order valence-corrected chi connectivity index (χ3v) is 4.93. The molecule has 1 aromatic rings. The highest BCUT2D eigenvalue weighted by Gasteiger charge is 2.32. The first-order valence-electron chi connectivity index (χ1n) is 8.29. The number of pyridine rings is 1. The number of aromatic nitrogens is 1. The highest BCUT2D eigenvalue weighted by molar-refractivity contribution is 5.35. The molecule has 1 aliphatic heterocycles. The maximum atomic E-state index is 4.50. The lowest BCUT2D eigenvalue weighted by atomic mass is 9.78. The second-order valence-electron chi connectivity index (χ2n) is 6.31. The third kappa shape index (κ3) is 3.14. The summed E-state index contributed by atoms with van der Waals surface area (Å²) in [5, 5.41) is 3.26. The number of rotatable bonds is 4. The molecule has 0 radical (unpaired) electrons. The number of nitrogens with one attached hydrogen (secondary N) is 1. The van der Waals surface area contributed by atoms with Gasteiger partial charge in [0.05, 0.1) is 0 Å². The van der Waals surface area contributed by atoms with E-state index >= 15 is 0 Å². The van der Waals surface area contributed by atoms with Crippen molar-refractivity contribution in [3.8, 4) is 0 Å². The van der Waals surface area contributed by atoms with Crippen LogP contribution in [0.3, 0.4) is 0 Å². The summed E-state index contributed by atoms with van der Waals surface area (Å²) >= 11 is 0. The van der Waals surface area contributed by atoms with E-state index in [0.717, 1.165) is 30.9 Å². The van der Waals surface area contributed by atoms with Crippen LogP contribution in [0.15, 0.2) is 18.3 Å². The topological polar surface area (TPSA) is 28.2 Å². The van der Waals surface area contributed by atoms with Crippen LogP contribution in [0.25, 0.3) is 0 Å². The summed E-state index contributed by atoms with van der Waals surface area (Å²) in [6.07, 6.45) is 10.6. The molecule has 3 heteroatoms. The van der Waals surface area contributed by atoms with E-state index in [4.69, 9.17) is 0 Å². The van der Waals surface area contributed by atoms with E-state index in [1.807, 2.05) is 6.20 Å². The van der Waals surface area contributed by atoms with Crippen molar-refractivity contribution in [1.82, 2.24) is 9.88 Å². The van der Waals surface area contributed by atoms with Crippen LogP contribution in [-0.2, 0) is 6.54 Å². The number of anilines is 1. The molecule has 2 atom stereocenters. The Morgan fingerprint density at radius 3 is 2.85 bits per heavy atom. The first kappa shape index (κ1) is 13.9. The van der Waals surface area contributed by atoms with E-state index in [0.29, 0.717) is 0 Å². The molecule has 2 heterocycles. The number of fused-ring (bicyclic) bond motifs is 1. The van der Waals surface area contributed by atoms with E-state index < -0.39 is 0 Å². The number of hydrogen-bond donors (Lipinski definition) is 1. The van der Waals surface area contributed by atoms with E-state index in [1.165, 1.54) is 50.6 Å². The van der Waals surface area contributed by atoms with Crippen molar-refractivity contribution < 1.29 is 0 Å². The van der Waals surface area contributed by atoms with Gasteiger partial charge in [0, 0.05) is 25.3 Å². The molecular formula is C17H27N3. The second-order valence-corrected chi connectivity index (χ2v) is 6.31. The van der Waals surface area contributed by atoms with E-state index in [2.05, 4.69) is 34.3 Å². The molecule has 2 aliphatic rings. The zero-order valence-electron chi connectivity index (χ0n) is 12.6. The highest BCUT2D eigenvalue weighted by Crippen LogP contribution is 2.35. The fourth-order valence-corrected chi connectivity index (χ4v) is 3.96. The molecule has 0 aromatic carbocycles. The van der Waals surface area contributed by atoms with Gasteiger partial charge in [-0.2, -0.15) is 0 Å². The van der Waals surface area contributed by atoms with Crippen LogP contribution in [0.2, 0.25) is 0 Å². The maximum absolute atomic E-state index is 4.50. The van der Waals surface area contributed by atoms with E-state index in [1.54, 1.807) is 0 Å². The normalized spacial score (nSPS) is 27.1. The Kier molecular flexibility index (Phi) is 4.56. The Balaban J connectivity index is 1.63. The Morgan fingerprint density at radius 2 is 2.05 bits per heavy atom. The molecular weight excluding hydrogens is 246 g/mol. The van der Waals surface area contributed by atoms with Crippen molar-refractivity contribution >= 4 is 5.82 Å². The van der Waals surface area contributed by atoms with Gasteiger partial charge in [0.25, 0.3) is 0 Å². The van der Waals surface area contributed by atoms with Crippen molar-refractivity contribution in [2.45, 2.75) is 58.0 Å². The van der Waals surface area contributed by atoms with Crippen molar-refractivity contribution in [3.63, 3.8) is 0 Å². The van der Waals surface area contributed by atoms with Gasteiger partial charge < -0.3 is 5.32 Å². The summed E-state index contributed by atoms with van der Waals surface area (Å²) in [5.74, 6) is 1.96. The monoisotopic (exact) mass is 273 g/mol. The SMILES string of the molecule is CCNc1ccc(CN2CCCC3CCCCC32)cn1. The van der Waals surface area contributed by atoms with Gasteiger partial charge in [-0.05, 0) is 56.7 Å². The Morgan fingerprint density at radius 1 is 1.20 bits per heavy atom. The van der Waals surface area contributed by atoms with Crippen LogP contribution >= 0.6 is 0 Å². The lowest BCUT2D eigenvalue weighted by Crippen LogP contribution is -2.46. The Hall–Kier alpha value is -1.09. The second kappa shape index (κ2) is 6.57. The number of hydrogen-bond acceptors (Lipinski definition) is 3. The van der Waals surface area contributed by atoms with Gasteiger partial charge in [0.1, 0.15) is 5.82 Å². The summed E-state index contributed by atoms with van der Waals surface area (Å²) in [6.45, 7) is 5.39. The van der Waals surface area contributed by atoms with Gasteiger partial charge in [-0.25, -0.2) is 4.98 Å². The van der Waals surface area contributed by atoms with E-state index in [9.17, 15) is 0 Å². The smallest absolute Gasteiger partial charge is 0.125 e.